The molecule has 0 bridgehead atoms. The van der Waals surface area contributed by atoms with Crippen LogP contribution >= 0.6 is 0 Å². The SMILES string of the molecule is NCCOc1noc2ccc(O)cc12. The average molecular weight is 194 g/mol. The Hall–Kier alpha value is -1.75. The Bertz CT molecular complexity index is 439. The van der Waals surface area contributed by atoms with Crippen molar-refractivity contribution in [1.82, 2.24) is 5.16 Å². The first kappa shape index (κ1) is 8.83. The fourth-order valence-corrected chi connectivity index (χ4v) is 1.16. The molecule has 3 N–H and O–H groups in total. The van der Waals surface area contributed by atoms with Crippen LogP contribution in [0.5, 0.6) is 11.6 Å². The van der Waals surface area contributed by atoms with Gasteiger partial charge in [-0.2, -0.15) is 0 Å². The van der Waals surface area contributed by atoms with E-state index in [2.05, 4.69) is 5.16 Å². The number of hydrogen-bond donors (Lipinski definition) is 2. The molecule has 14 heavy (non-hydrogen) atoms. The van der Waals surface area contributed by atoms with Crippen molar-refractivity contribution in [1.29, 1.82) is 0 Å². The van der Waals surface area contributed by atoms with Gasteiger partial charge < -0.3 is 20.1 Å². The quantitative estimate of drug-likeness (QED) is 0.757. The smallest absolute Gasteiger partial charge is 0.262 e. The number of aromatic hydroxyl groups is 1. The van der Waals surface area contributed by atoms with Gasteiger partial charge in [0.2, 0.25) is 0 Å². The van der Waals surface area contributed by atoms with Gasteiger partial charge in [-0.1, -0.05) is 0 Å². The number of nitrogens with two attached hydrogens (primary N) is 1. The molecule has 0 aliphatic rings. The normalized spacial score (nSPS) is 10.6. The lowest BCUT2D eigenvalue weighted by Crippen LogP contribution is -2.10. The van der Waals surface area contributed by atoms with Crippen molar-refractivity contribution in [3.05, 3.63) is 18.2 Å². The lowest BCUT2D eigenvalue weighted by atomic mass is 10.2. The van der Waals surface area contributed by atoms with Crippen LogP contribution in [0.1, 0.15) is 0 Å². The Labute approximate surface area is 80.1 Å². The van der Waals surface area contributed by atoms with Crippen molar-refractivity contribution >= 4 is 11.0 Å². The molecule has 1 aromatic heterocycles. The number of ether oxygens (including phenoxy) is 1. The molecule has 0 unspecified atom stereocenters. The van der Waals surface area contributed by atoms with Crippen molar-refractivity contribution in [3.63, 3.8) is 0 Å². The van der Waals surface area contributed by atoms with E-state index >= 15 is 0 Å². The lowest BCUT2D eigenvalue weighted by Gasteiger charge is -1.98. The largest absolute Gasteiger partial charge is 0.508 e. The van der Waals surface area contributed by atoms with Crippen LogP contribution in [0.15, 0.2) is 22.7 Å². The van der Waals surface area contributed by atoms with Crippen LogP contribution in [0.4, 0.5) is 0 Å². The van der Waals surface area contributed by atoms with E-state index < -0.39 is 0 Å². The topological polar surface area (TPSA) is 81.5 Å². The molecular formula is C9H10N2O3. The summed E-state index contributed by atoms with van der Waals surface area (Å²) in [6.07, 6.45) is 0. The highest BCUT2D eigenvalue weighted by molar-refractivity contribution is 5.83. The van der Waals surface area contributed by atoms with Crippen LogP contribution in [0.3, 0.4) is 0 Å². The van der Waals surface area contributed by atoms with Crippen molar-refractivity contribution in [2.45, 2.75) is 0 Å². The monoisotopic (exact) mass is 194 g/mol. The number of rotatable bonds is 3. The van der Waals surface area contributed by atoms with E-state index in [1.54, 1.807) is 6.07 Å². The standard InChI is InChI=1S/C9H10N2O3/c10-3-4-13-9-7-5-6(12)1-2-8(7)14-11-9/h1-2,5,12H,3-4,10H2. The first-order valence-corrected chi connectivity index (χ1v) is 4.22. The zero-order valence-electron chi connectivity index (χ0n) is 7.43. The molecule has 0 radical (unpaired) electrons. The highest BCUT2D eigenvalue weighted by Gasteiger charge is 2.09. The summed E-state index contributed by atoms with van der Waals surface area (Å²) in [7, 11) is 0. The number of nitrogens with zero attached hydrogens (tertiary/aromatic N) is 1. The Balaban J connectivity index is 2.40. The minimum absolute atomic E-state index is 0.151. The second-order valence-corrected chi connectivity index (χ2v) is 2.81. The summed E-state index contributed by atoms with van der Waals surface area (Å²) >= 11 is 0. The molecule has 1 aromatic carbocycles. The van der Waals surface area contributed by atoms with E-state index in [0.717, 1.165) is 0 Å². The van der Waals surface area contributed by atoms with Gasteiger partial charge in [0, 0.05) is 6.54 Å². The van der Waals surface area contributed by atoms with Gasteiger partial charge in [-0.3, -0.25) is 0 Å². The van der Waals surface area contributed by atoms with Gasteiger partial charge in [-0.05, 0) is 23.4 Å². The van der Waals surface area contributed by atoms with Gasteiger partial charge in [-0.25, -0.2) is 0 Å². The number of aromatic nitrogens is 1. The summed E-state index contributed by atoms with van der Waals surface area (Å²) in [6.45, 7) is 0.782. The fourth-order valence-electron chi connectivity index (χ4n) is 1.16. The molecule has 0 amide bonds. The second-order valence-electron chi connectivity index (χ2n) is 2.81. The van der Waals surface area contributed by atoms with Crippen LogP contribution < -0.4 is 10.5 Å². The molecular weight excluding hydrogens is 184 g/mol. The number of phenolic OH excluding ortho intramolecular Hbond substituents is 1. The Morgan fingerprint density at radius 2 is 2.36 bits per heavy atom. The number of hydrogen-bond acceptors (Lipinski definition) is 5. The fraction of sp³-hybridized carbons (Fsp3) is 0.222. The summed E-state index contributed by atoms with van der Waals surface area (Å²) in [5, 5.41) is 13.6. The van der Waals surface area contributed by atoms with E-state index in [4.69, 9.17) is 15.0 Å². The highest BCUT2D eigenvalue weighted by atomic mass is 16.5. The van der Waals surface area contributed by atoms with Crippen molar-refractivity contribution in [2.75, 3.05) is 13.2 Å². The summed E-state index contributed by atoms with van der Waals surface area (Å²) in [6, 6.07) is 4.70. The van der Waals surface area contributed by atoms with E-state index in [1.807, 2.05) is 0 Å². The summed E-state index contributed by atoms with van der Waals surface area (Å²) < 4.78 is 10.2. The molecule has 74 valence electrons. The zero-order chi connectivity index (χ0) is 9.97. The summed E-state index contributed by atoms with van der Waals surface area (Å²) in [5.74, 6) is 0.514. The maximum Gasteiger partial charge on any atom is 0.262 e. The highest BCUT2D eigenvalue weighted by Crippen LogP contribution is 2.27. The number of phenols is 1. The van der Waals surface area contributed by atoms with Crippen molar-refractivity contribution in [2.24, 2.45) is 5.73 Å². The predicted octanol–water partition coefficient (Wildman–Crippen LogP) is 0.871. The minimum atomic E-state index is 0.151. The maximum atomic E-state index is 9.25. The van der Waals surface area contributed by atoms with Gasteiger partial charge in [0.1, 0.15) is 12.4 Å². The van der Waals surface area contributed by atoms with E-state index in [0.29, 0.717) is 30.0 Å². The average Bonchev–Trinajstić information content (AvgIpc) is 2.57. The molecule has 1 heterocycles. The van der Waals surface area contributed by atoms with Crippen LogP contribution in [-0.2, 0) is 0 Å². The Kier molecular flexibility index (Phi) is 2.24. The second kappa shape index (κ2) is 3.55. The van der Waals surface area contributed by atoms with Gasteiger partial charge >= 0.3 is 0 Å². The minimum Gasteiger partial charge on any atom is -0.508 e. The third kappa shape index (κ3) is 1.49. The molecule has 0 aliphatic carbocycles. The van der Waals surface area contributed by atoms with Crippen LogP contribution in [0, 0.1) is 0 Å². The van der Waals surface area contributed by atoms with Gasteiger partial charge in [0.15, 0.2) is 5.58 Å². The van der Waals surface area contributed by atoms with E-state index in [9.17, 15) is 5.11 Å². The molecule has 5 nitrogen and oxygen atoms in total. The first-order valence-electron chi connectivity index (χ1n) is 4.22. The molecule has 0 atom stereocenters. The molecule has 0 saturated carbocycles. The van der Waals surface area contributed by atoms with Gasteiger partial charge in [-0.15, -0.1) is 0 Å². The molecule has 0 saturated heterocycles. The number of fused-ring (bicyclic) bond motifs is 1. The lowest BCUT2D eigenvalue weighted by molar-refractivity contribution is 0.293. The Morgan fingerprint density at radius 3 is 3.14 bits per heavy atom. The predicted molar refractivity (Wildman–Crippen MR) is 50.2 cm³/mol. The Morgan fingerprint density at radius 1 is 1.50 bits per heavy atom. The van der Waals surface area contributed by atoms with Crippen molar-refractivity contribution in [3.8, 4) is 11.6 Å². The first-order chi connectivity index (χ1) is 6.81. The molecule has 0 aliphatic heterocycles. The summed E-state index contributed by atoms with van der Waals surface area (Å²) in [5.41, 5.74) is 5.86. The third-order valence-electron chi connectivity index (χ3n) is 1.78. The van der Waals surface area contributed by atoms with Crippen LogP contribution in [0.25, 0.3) is 11.0 Å². The van der Waals surface area contributed by atoms with Crippen molar-refractivity contribution < 1.29 is 14.4 Å². The van der Waals surface area contributed by atoms with Gasteiger partial charge in [0.05, 0.1) is 5.39 Å². The van der Waals surface area contributed by atoms with E-state index in [-0.39, 0.29) is 5.75 Å². The molecule has 0 spiro atoms. The molecule has 2 aromatic rings. The zero-order valence-corrected chi connectivity index (χ0v) is 7.43. The number of benzene rings is 1. The van der Waals surface area contributed by atoms with Crippen LogP contribution in [0.2, 0.25) is 0 Å². The molecule has 0 fully saturated rings. The summed E-state index contributed by atoms with van der Waals surface area (Å²) in [4.78, 5) is 0. The molecule has 2 rings (SSSR count). The van der Waals surface area contributed by atoms with Gasteiger partial charge in [0.25, 0.3) is 5.88 Å². The van der Waals surface area contributed by atoms with Crippen LogP contribution in [-0.4, -0.2) is 23.4 Å². The molecule has 5 heteroatoms. The maximum absolute atomic E-state index is 9.25. The van der Waals surface area contributed by atoms with E-state index in [1.165, 1.54) is 12.1 Å². The third-order valence-corrected chi connectivity index (χ3v) is 1.78.